The van der Waals surface area contributed by atoms with Crippen LogP contribution in [-0.4, -0.2) is 20.3 Å². The van der Waals surface area contributed by atoms with Crippen LogP contribution >= 0.6 is 0 Å². The lowest BCUT2D eigenvalue weighted by Gasteiger charge is -2.13. The molecular formula is C10H12F3NO3S. The molecule has 102 valence electrons. The third kappa shape index (κ3) is 3.34. The predicted octanol–water partition coefficient (Wildman–Crippen LogP) is 1.78. The summed E-state index contributed by atoms with van der Waals surface area (Å²) in [6.07, 6.45) is -3.78. The number of hydrogen-bond acceptors (Lipinski definition) is 3. The van der Waals surface area contributed by atoms with Gasteiger partial charge in [-0.1, -0.05) is 13.8 Å². The van der Waals surface area contributed by atoms with Crippen molar-refractivity contribution in [3.05, 3.63) is 29.2 Å². The van der Waals surface area contributed by atoms with E-state index in [1.807, 2.05) is 0 Å². The summed E-state index contributed by atoms with van der Waals surface area (Å²) in [7, 11) is -4.56. The average Bonchev–Trinajstić information content (AvgIpc) is 2.12. The van der Waals surface area contributed by atoms with E-state index in [-0.39, 0.29) is 10.4 Å². The summed E-state index contributed by atoms with van der Waals surface area (Å²) in [4.78, 5) is -0.563. The molecule has 0 radical (unpaired) electrons. The Bertz CT molecular complexity index is 538. The normalized spacial score (nSPS) is 13.0. The molecule has 18 heavy (non-hydrogen) atoms. The van der Waals surface area contributed by atoms with Crippen molar-refractivity contribution in [3.63, 3.8) is 0 Å². The van der Waals surface area contributed by atoms with Crippen molar-refractivity contribution in [2.45, 2.75) is 30.8 Å². The van der Waals surface area contributed by atoms with Gasteiger partial charge in [-0.25, -0.2) is 8.42 Å². The van der Waals surface area contributed by atoms with Gasteiger partial charge < -0.3 is 5.21 Å². The maximum absolute atomic E-state index is 12.2. The quantitative estimate of drug-likeness (QED) is 0.627. The van der Waals surface area contributed by atoms with E-state index in [1.54, 1.807) is 0 Å². The van der Waals surface area contributed by atoms with E-state index >= 15 is 0 Å². The molecule has 0 unspecified atom stereocenters. The number of aromatic nitrogens is 1. The zero-order chi connectivity index (χ0) is 14.1. The van der Waals surface area contributed by atoms with E-state index in [1.165, 1.54) is 13.8 Å². The minimum atomic E-state index is -4.84. The molecule has 8 heteroatoms. The molecule has 1 rings (SSSR count). The van der Waals surface area contributed by atoms with Crippen molar-refractivity contribution in [1.82, 2.24) is 0 Å². The molecule has 0 aliphatic heterocycles. The molecule has 1 heterocycles. The fraction of sp³-hybridized carbons (Fsp3) is 0.500. The molecule has 0 spiro atoms. The summed E-state index contributed by atoms with van der Waals surface area (Å²) in [6.45, 7) is 3.08. The van der Waals surface area contributed by atoms with Gasteiger partial charge in [-0.15, -0.1) is 0 Å². The molecule has 0 amide bonds. The standard InChI is InChI=1S/C10H12F3NO3S/c1-7(2)9-8(4-3-5-14(9)15)18(16,17)6-10(11,12)13/h3-5,7H,6H2,1-2H3. The molecule has 0 fully saturated rings. The van der Waals surface area contributed by atoms with Crippen molar-refractivity contribution in [2.24, 2.45) is 0 Å². The fourth-order valence-electron chi connectivity index (χ4n) is 1.58. The molecule has 0 saturated heterocycles. The van der Waals surface area contributed by atoms with E-state index in [0.717, 1.165) is 18.3 Å². The molecular weight excluding hydrogens is 271 g/mol. The Hall–Kier alpha value is -1.31. The Morgan fingerprint density at radius 2 is 1.94 bits per heavy atom. The monoisotopic (exact) mass is 283 g/mol. The van der Waals surface area contributed by atoms with Crippen molar-refractivity contribution in [1.29, 1.82) is 0 Å². The Morgan fingerprint density at radius 1 is 1.39 bits per heavy atom. The largest absolute Gasteiger partial charge is 0.618 e. The van der Waals surface area contributed by atoms with Crippen molar-refractivity contribution >= 4 is 9.84 Å². The van der Waals surface area contributed by atoms with Gasteiger partial charge in [0.25, 0.3) is 0 Å². The number of hydrogen-bond donors (Lipinski definition) is 0. The van der Waals surface area contributed by atoms with Gasteiger partial charge in [0.15, 0.2) is 21.8 Å². The Morgan fingerprint density at radius 3 is 2.39 bits per heavy atom. The summed E-state index contributed by atoms with van der Waals surface area (Å²) < 4.78 is 60.2. The predicted molar refractivity (Wildman–Crippen MR) is 57.6 cm³/mol. The molecule has 0 aliphatic rings. The van der Waals surface area contributed by atoms with Gasteiger partial charge >= 0.3 is 6.18 Å². The Labute approximate surface area is 103 Å². The van der Waals surface area contributed by atoms with Gasteiger partial charge in [0, 0.05) is 12.0 Å². The van der Waals surface area contributed by atoms with Crippen molar-refractivity contribution < 1.29 is 26.3 Å². The summed E-state index contributed by atoms with van der Waals surface area (Å²) >= 11 is 0. The van der Waals surface area contributed by atoms with Crippen LogP contribution in [0.4, 0.5) is 13.2 Å². The Balaban J connectivity index is 3.38. The highest BCUT2D eigenvalue weighted by Gasteiger charge is 2.38. The molecule has 0 N–H and O–H groups in total. The van der Waals surface area contributed by atoms with E-state index in [2.05, 4.69) is 0 Å². The van der Waals surface area contributed by atoms with Crippen LogP contribution in [0.3, 0.4) is 0 Å². The number of sulfone groups is 1. The topological polar surface area (TPSA) is 61.1 Å². The van der Waals surface area contributed by atoms with Crippen LogP contribution in [-0.2, 0) is 9.84 Å². The SMILES string of the molecule is CC(C)c1c(S(=O)(=O)CC(F)(F)F)ccc[n+]1[O-]. The van der Waals surface area contributed by atoms with Crippen LogP contribution in [0.1, 0.15) is 25.5 Å². The molecule has 0 saturated carbocycles. The van der Waals surface area contributed by atoms with Gasteiger partial charge in [-0.2, -0.15) is 17.9 Å². The fourth-order valence-corrected chi connectivity index (χ4v) is 3.09. The van der Waals surface area contributed by atoms with Crippen LogP contribution in [0.15, 0.2) is 23.2 Å². The molecule has 0 aliphatic carbocycles. The second-order valence-electron chi connectivity index (χ2n) is 4.11. The molecule has 0 atom stereocenters. The lowest BCUT2D eigenvalue weighted by molar-refractivity contribution is -0.617. The number of nitrogens with zero attached hydrogens (tertiary/aromatic N) is 1. The van der Waals surface area contributed by atoms with E-state index in [4.69, 9.17) is 0 Å². The lowest BCUT2D eigenvalue weighted by Crippen LogP contribution is -2.35. The van der Waals surface area contributed by atoms with E-state index in [0.29, 0.717) is 0 Å². The second-order valence-corrected chi connectivity index (χ2v) is 6.07. The maximum atomic E-state index is 12.2. The third-order valence-corrected chi connectivity index (χ3v) is 3.92. The first-order chi connectivity index (χ1) is 8.04. The number of alkyl halides is 3. The van der Waals surface area contributed by atoms with Crippen molar-refractivity contribution in [3.8, 4) is 0 Å². The van der Waals surface area contributed by atoms with Crippen LogP contribution in [0, 0.1) is 5.21 Å². The van der Waals surface area contributed by atoms with Gasteiger partial charge in [0.1, 0.15) is 4.90 Å². The van der Waals surface area contributed by atoms with Crippen molar-refractivity contribution in [2.75, 3.05) is 5.75 Å². The molecule has 0 aromatic carbocycles. The second kappa shape index (κ2) is 4.75. The van der Waals surface area contributed by atoms with Crippen LogP contribution < -0.4 is 4.73 Å². The zero-order valence-corrected chi connectivity index (χ0v) is 10.5. The van der Waals surface area contributed by atoms with Gasteiger partial charge in [0.2, 0.25) is 5.69 Å². The minimum Gasteiger partial charge on any atom is -0.618 e. The number of rotatable bonds is 3. The van der Waals surface area contributed by atoms with Crippen LogP contribution in [0.25, 0.3) is 0 Å². The van der Waals surface area contributed by atoms with E-state index in [9.17, 15) is 26.8 Å². The first-order valence-electron chi connectivity index (χ1n) is 5.06. The minimum absolute atomic E-state index is 0.179. The summed E-state index contributed by atoms with van der Waals surface area (Å²) in [6, 6.07) is 2.13. The highest BCUT2D eigenvalue weighted by molar-refractivity contribution is 7.91. The summed E-state index contributed by atoms with van der Waals surface area (Å²) in [5.41, 5.74) is -0.179. The molecule has 1 aromatic heterocycles. The van der Waals surface area contributed by atoms with Gasteiger partial charge in [0.05, 0.1) is 0 Å². The highest BCUT2D eigenvalue weighted by Crippen LogP contribution is 2.26. The summed E-state index contributed by atoms with van der Waals surface area (Å²) in [5, 5.41) is 11.5. The van der Waals surface area contributed by atoms with E-state index < -0.39 is 32.6 Å². The van der Waals surface area contributed by atoms with Crippen LogP contribution in [0.5, 0.6) is 0 Å². The van der Waals surface area contributed by atoms with Gasteiger partial charge in [-0.3, -0.25) is 0 Å². The molecule has 1 aromatic rings. The first kappa shape index (κ1) is 14.7. The maximum Gasteiger partial charge on any atom is 0.403 e. The zero-order valence-electron chi connectivity index (χ0n) is 9.73. The number of pyridine rings is 1. The van der Waals surface area contributed by atoms with Crippen LogP contribution in [0.2, 0.25) is 0 Å². The first-order valence-corrected chi connectivity index (χ1v) is 6.71. The molecule has 4 nitrogen and oxygen atoms in total. The summed E-state index contributed by atoms with van der Waals surface area (Å²) in [5.74, 6) is -2.47. The van der Waals surface area contributed by atoms with Gasteiger partial charge in [-0.05, 0) is 6.07 Å². The average molecular weight is 283 g/mol. The lowest BCUT2D eigenvalue weighted by atomic mass is 10.1. The smallest absolute Gasteiger partial charge is 0.403 e. The number of halogens is 3. The highest BCUT2D eigenvalue weighted by atomic mass is 32.2. The third-order valence-electron chi connectivity index (χ3n) is 2.19. The molecule has 0 bridgehead atoms. The Kier molecular flexibility index (Phi) is 3.89.